The van der Waals surface area contributed by atoms with Crippen LogP contribution in [0.2, 0.25) is 0 Å². The number of aromatic nitrogens is 3. The number of carbonyl (C=O) groups is 1. The van der Waals surface area contributed by atoms with Crippen molar-refractivity contribution in [1.82, 2.24) is 20.3 Å². The third kappa shape index (κ3) is 6.80. The summed E-state index contributed by atoms with van der Waals surface area (Å²) in [5.41, 5.74) is 0.755. The lowest BCUT2D eigenvalue weighted by Crippen LogP contribution is -2.34. The summed E-state index contributed by atoms with van der Waals surface area (Å²) in [5.74, 6) is -0.925. The molecule has 4 rings (SSSR count). The van der Waals surface area contributed by atoms with Crippen LogP contribution in [-0.4, -0.2) is 46.8 Å². The Hall–Kier alpha value is -3.96. The van der Waals surface area contributed by atoms with Crippen LogP contribution >= 0.6 is 0 Å². The van der Waals surface area contributed by atoms with Crippen molar-refractivity contribution in [3.8, 4) is 22.8 Å². The van der Waals surface area contributed by atoms with Gasteiger partial charge in [-0.05, 0) is 43.9 Å². The van der Waals surface area contributed by atoms with E-state index in [1.165, 1.54) is 24.4 Å². The SMILES string of the molecule is O=C(NCC(F)(F)F)c1ccc2cc1OCCCCCCOc1cncc(c1)-c1nc(ncc1F)N2. The summed E-state index contributed by atoms with van der Waals surface area (Å²) in [5, 5.41) is 4.77. The number of benzene rings is 1. The van der Waals surface area contributed by atoms with Gasteiger partial charge in [0.1, 0.15) is 23.7 Å². The minimum Gasteiger partial charge on any atom is -0.493 e. The van der Waals surface area contributed by atoms with Crippen LogP contribution in [0.3, 0.4) is 0 Å². The maximum absolute atomic E-state index is 14.5. The molecule has 8 nitrogen and oxygen atoms in total. The second-order valence-electron chi connectivity index (χ2n) is 8.04. The standard InChI is InChI=1S/C24H23F4N5O3/c25-19-13-30-23-32-16-5-6-18(22(34)31-14-24(26,27)28)20(10-16)36-8-4-2-1-3-7-35-17-9-15(11-29-12-17)21(19)33-23/h5-6,9-13H,1-4,7-8,14H2,(H,31,34)(H,30,32,33). The number of anilines is 2. The zero-order chi connectivity index (χ0) is 25.5. The van der Waals surface area contributed by atoms with Gasteiger partial charge in [0.2, 0.25) is 5.95 Å². The Balaban J connectivity index is 1.65. The molecule has 12 heteroatoms. The molecule has 0 atom stereocenters. The predicted molar refractivity (Wildman–Crippen MR) is 123 cm³/mol. The quantitative estimate of drug-likeness (QED) is 0.471. The Bertz CT molecular complexity index is 1220. The van der Waals surface area contributed by atoms with Crippen molar-refractivity contribution in [3.05, 3.63) is 54.2 Å². The van der Waals surface area contributed by atoms with Crippen molar-refractivity contribution in [1.29, 1.82) is 0 Å². The van der Waals surface area contributed by atoms with Crippen LogP contribution in [-0.2, 0) is 0 Å². The molecule has 1 aliphatic rings. The number of hydrogen-bond acceptors (Lipinski definition) is 7. The lowest BCUT2D eigenvalue weighted by Gasteiger charge is -2.15. The molecule has 6 bridgehead atoms. The fourth-order valence-corrected chi connectivity index (χ4v) is 3.50. The molecular formula is C24H23F4N5O3. The van der Waals surface area contributed by atoms with Crippen molar-refractivity contribution in [3.63, 3.8) is 0 Å². The molecule has 1 aliphatic heterocycles. The molecule has 0 spiro atoms. The Morgan fingerprint density at radius 1 is 1.03 bits per heavy atom. The fraction of sp³-hybridized carbons (Fsp3) is 0.333. The molecule has 0 unspecified atom stereocenters. The minimum absolute atomic E-state index is 0.00573. The summed E-state index contributed by atoms with van der Waals surface area (Å²) in [4.78, 5) is 24.7. The molecule has 0 fully saturated rings. The second kappa shape index (κ2) is 11.2. The number of ether oxygens (including phenoxy) is 2. The third-order valence-electron chi connectivity index (χ3n) is 5.23. The summed E-state index contributed by atoms with van der Waals surface area (Å²) in [7, 11) is 0. The van der Waals surface area contributed by atoms with Gasteiger partial charge in [0.05, 0.1) is 31.2 Å². The smallest absolute Gasteiger partial charge is 0.405 e. The molecule has 190 valence electrons. The Morgan fingerprint density at radius 3 is 2.58 bits per heavy atom. The summed E-state index contributed by atoms with van der Waals surface area (Å²) in [6.45, 7) is -0.765. The number of nitrogens with zero attached hydrogens (tertiary/aromatic N) is 3. The highest BCUT2D eigenvalue weighted by atomic mass is 19.4. The highest BCUT2D eigenvalue weighted by Gasteiger charge is 2.28. The van der Waals surface area contributed by atoms with Crippen LogP contribution in [0, 0.1) is 5.82 Å². The number of pyridine rings is 1. The summed E-state index contributed by atoms with van der Waals surface area (Å²) < 4.78 is 63.7. The van der Waals surface area contributed by atoms with E-state index in [9.17, 15) is 22.4 Å². The van der Waals surface area contributed by atoms with Crippen molar-refractivity contribution in [2.45, 2.75) is 31.9 Å². The maximum Gasteiger partial charge on any atom is 0.405 e. The predicted octanol–water partition coefficient (Wildman–Crippen LogP) is 5.05. The molecule has 36 heavy (non-hydrogen) atoms. The zero-order valence-electron chi connectivity index (χ0n) is 19.1. The molecule has 3 heterocycles. The first kappa shape index (κ1) is 25.1. The van der Waals surface area contributed by atoms with Crippen LogP contribution in [0.4, 0.5) is 29.2 Å². The average Bonchev–Trinajstić information content (AvgIpc) is 2.85. The molecule has 1 aromatic carbocycles. The molecular weight excluding hydrogens is 482 g/mol. The van der Waals surface area contributed by atoms with E-state index in [0.29, 0.717) is 30.0 Å². The monoisotopic (exact) mass is 505 g/mol. The first-order valence-electron chi connectivity index (χ1n) is 11.3. The average molecular weight is 505 g/mol. The fourth-order valence-electron chi connectivity index (χ4n) is 3.50. The molecule has 0 saturated carbocycles. The number of halogens is 4. The number of amides is 1. The van der Waals surface area contributed by atoms with E-state index >= 15 is 0 Å². The van der Waals surface area contributed by atoms with Crippen molar-refractivity contribution >= 4 is 17.5 Å². The maximum atomic E-state index is 14.5. The highest BCUT2D eigenvalue weighted by Crippen LogP contribution is 2.28. The van der Waals surface area contributed by atoms with Crippen LogP contribution < -0.4 is 20.1 Å². The third-order valence-corrected chi connectivity index (χ3v) is 5.23. The molecule has 2 N–H and O–H groups in total. The van der Waals surface area contributed by atoms with E-state index in [-0.39, 0.29) is 29.6 Å². The number of rotatable bonds is 2. The summed E-state index contributed by atoms with van der Waals surface area (Å²) >= 11 is 0. The molecule has 3 aromatic rings. The highest BCUT2D eigenvalue weighted by molar-refractivity contribution is 5.97. The van der Waals surface area contributed by atoms with Crippen LogP contribution in [0.5, 0.6) is 11.5 Å². The molecule has 1 amide bonds. The van der Waals surface area contributed by atoms with Gasteiger partial charge in [-0.3, -0.25) is 9.78 Å². The Kier molecular flexibility index (Phi) is 7.81. The van der Waals surface area contributed by atoms with Gasteiger partial charge in [0, 0.05) is 23.5 Å². The minimum atomic E-state index is -4.54. The molecule has 0 aliphatic carbocycles. The van der Waals surface area contributed by atoms with Gasteiger partial charge in [-0.25, -0.2) is 14.4 Å². The van der Waals surface area contributed by atoms with Crippen molar-refractivity contribution < 1.29 is 31.8 Å². The number of nitrogens with one attached hydrogen (secondary N) is 2. The lowest BCUT2D eigenvalue weighted by atomic mass is 10.1. The zero-order valence-corrected chi connectivity index (χ0v) is 19.1. The first-order chi connectivity index (χ1) is 17.3. The van der Waals surface area contributed by atoms with Gasteiger partial charge >= 0.3 is 6.18 Å². The topological polar surface area (TPSA) is 98.3 Å². The van der Waals surface area contributed by atoms with E-state index in [4.69, 9.17) is 9.47 Å². The van der Waals surface area contributed by atoms with Gasteiger partial charge in [0.25, 0.3) is 5.91 Å². The number of carbonyl (C=O) groups excluding carboxylic acids is 1. The van der Waals surface area contributed by atoms with Gasteiger partial charge < -0.3 is 20.1 Å². The van der Waals surface area contributed by atoms with E-state index in [1.807, 2.05) is 5.32 Å². The van der Waals surface area contributed by atoms with E-state index in [2.05, 4.69) is 20.3 Å². The summed E-state index contributed by atoms with van der Waals surface area (Å²) in [6.07, 6.45) is 2.57. The largest absolute Gasteiger partial charge is 0.493 e. The molecule has 0 radical (unpaired) electrons. The van der Waals surface area contributed by atoms with Gasteiger partial charge in [-0.2, -0.15) is 13.2 Å². The van der Waals surface area contributed by atoms with Gasteiger partial charge in [-0.15, -0.1) is 0 Å². The van der Waals surface area contributed by atoms with E-state index in [0.717, 1.165) is 25.5 Å². The van der Waals surface area contributed by atoms with Gasteiger partial charge in [-0.1, -0.05) is 0 Å². The number of hydrogen-bond donors (Lipinski definition) is 2. The molecule has 2 aromatic heterocycles. The lowest BCUT2D eigenvalue weighted by molar-refractivity contribution is -0.123. The second-order valence-corrected chi connectivity index (χ2v) is 8.04. The first-order valence-corrected chi connectivity index (χ1v) is 11.3. The van der Waals surface area contributed by atoms with E-state index < -0.39 is 24.4 Å². The van der Waals surface area contributed by atoms with Crippen molar-refractivity contribution in [2.75, 3.05) is 25.1 Å². The molecule has 0 saturated heterocycles. The van der Waals surface area contributed by atoms with Crippen LogP contribution in [0.25, 0.3) is 11.3 Å². The van der Waals surface area contributed by atoms with Gasteiger partial charge in [0.15, 0.2) is 5.82 Å². The number of alkyl halides is 3. The number of fused-ring (bicyclic) bond motifs is 7. The normalized spacial score (nSPS) is 14.3. The summed E-state index contributed by atoms with van der Waals surface area (Å²) in [6, 6.07) is 5.92. The van der Waals surface area contributed by atoms with Crippen LogP contribution in [0.1, 0.15) is 36.0 Å². The van der Waals surface area contributed by atoms with Crippen LogP contribution in [0.15, 0.2) is 42.9 Å². The Labute approximate surface area is 204 Å². The van der Waals surface area contributed by atoms with Crippen molar-refractivity contribution in [2.24, 2.45) is 0 Å². The Morgan fingerprint density at radius 2 is 1.81 bits per heavy atom. The van der Waals surface area contributed by atoms with E-state index in [1.54, 1.807) is 12.3 Å².